The molecule has 0 aromatic carbocycles. The molecule has 0 saturated heterocycles. The third-order valence-electron chi connectivity index (χ3n) is 11.7. The van der Waals surface area contributed by atoms with Gasteiger partial charge in [0.15, 0.2) is 0 Å². The van der Waals surface area contributed by atoms with Crippen LogP contribution in [0.3, 0.4) is 0 Å². The summed E-state index contributed by atoms with van der Waals surface area (Å²) in [6.45, 7) is 5.23. The number of hydrogen-bond donors (Lipinski definition) is 1. The molecular formula is C59H104O4. The Kier molecular flexibility index (Phi) is 53.6. The lowest BCUT2D eigenvalue weighted by Gasteiger charge is -2.16. The van der Waals surface area contributed by atoms with Gasteiger partial charge in [-0.05, 0) is 89.9 Å². The average Bonchev–Trinajstić information content (AvgIpc) is 3.29. The maximum Gasteiger partial charge on any atom is 0.306 e. The second-order valence-corrected chi connectivity index (χ2v) is 17.9. The summed E-state index contributed by atoms with van der Waals surface area (Å²) in [6.07, 6.45) is 78.3. The van der Waals surface area contributed by atoms with Crippen LogP contribution in [0.1, 0.15) is 258 Å². The highest BCUT2D eigenvalue weighted by Crippen LogP contribution is 2.15. The lowest BCUT2D eigenvalue weighted by atomic mass is 10.0. The van der Waals surface area contributed by atoms with Gasteiger partial charge in [0.2, 0.25) is 0 Å². The van der Waals surface area contributed by atoms with Crippen LogP contribution in [0.15, 0.2) is 85.1 Å². The second-order valence-electron chi connectivity index (χ2n) is 17.9. The van der Waals surface area contributed by atoms with Crippen LogP contribution in [0.4, 0.5) is 0 Å². The van der Waals surface area contributed by atoms with E-state index in [-0.39, 0.29) is 12.6 Å². The summed E-state index contributed by atoms with van der Waals surface area (Å²) in [4.78, 5) is 12.3. The SMILES string of the molecule is CC/C=C\C/C=C\C/C=C\C/C=C\CCCCCCCCCCCCCCCOCC(CO)OC(=O)CCCCCCCCCCCC/C=C\C/C=C\C/C=C\CCCCCCC. The van der Waals surface area contributed by atoms with Gasteiger partial charge < -0.3 is 14.6 Å². The summed E-state index contributed by atoms with van der Waals surface area (Å²) < 4.78 is 11.2. The molecule has 0 saturated carbocycles. The molecular weight excluding hydrogens is 773 g/mol. The first-order valence-electron chi connectivity index (χ1n) is 27.2. The maximum absolute atomic E-state index is 12.3. The second kappa shape index (κ2) is 55.7. The van der Waals surface area contributed by atoms with E-state index in [1.54, 1.807) is 0 Å². The van der Waals surface area contributed by atoms with Gasteiger partial charge in [-0.1, -0.05) is 247 Å². The van der Waals surface area contributed by atoms with Crippen LogP contribution in [0, 0.1) is 0 Å². The van der Waals surface area contributed by atoms with Crippen LogP contribution in [0.25, 0.3) is 0 Å². The number of unbranched alkanes of at least 4 members (excludes halogenated alkanes) is 28. The molecule has 4 nitrogen and oxygen atoms in total. The minimum atomic E-state index is -0.543. The van der Waals surface area contributed by atoms with Crippen molar-refractivity contribution in [2.75, 3.05) is 19.8 Å². The Morgan fingerprint density at radius 1 is 0.397 bits per heavy atom. The zero-order valence-corrected chi connectivity index (χ0v) is 41.8. The van der Waals surface area contributed by atoms with Crippen LogP contribution in [0.5, 0.6) is 0 Å². The van der Waals surface area contributed by atoms with E-state index in [1.807, 2.05) is 0 Å². The molecule has 0 amide bonds. The summed E-state index contributed by atoms with van der Waals surface area (Å²) >= 11 is 0. The molecule has 0 aliphatic rings. The normalized spacial score (nSPS) is 13.0. The zero-order chi connectivity index (χ0) is 45.5. The van der Waals surface area contributed by atoms with E-state index in [1.165, 1.54) is 180 Å². The van der Waals surface area contributed by atoms with Crippen LogP contribution >= 0.6 is 0 Å². The number of esters is 1. The van der Waals surface area contributed by atoms with E-state index < -0.39 is 6.10 Å². The highest BCUT2D eigenvalue weighted by molar-refractivity contribution is 5.69. The number of aliphatic hydroxyl groups is 1. The van der Waals surface area contributed by atoms with Gasteiger partial charge in [0.25, 0.3) is 0 Å². The fourth-order valence-electron chi connectivity index (χ4n) is 7.68. The summed E-state index contributed by atoms with van der Waals surface area (Å²) in [5.41, 5.74) is 0. The molecule has 63 heavy (non-hydrogen) atoms. The highest BCUT2D eigenvalue weighted by atomic mass is 16.6. The van der Waals surface area contributed by atoms with Crippen molar-refractivity contribution in [1.82, 2.24) is 0 Å². The smallest absolute Gasteiger partial charge is 0.306 e. The first-order valence-corrected chi connectivity index (χ1v) is 27.2. The number of carbonyl (C=O) groups excluding carboxylic acids is 1. The van der Waals surface area contributed by atoms with E-state index in [0.717, 1.165) is 57.8 Å². The Bertz CT molecular complexity index is 1110. The van der Waals surface area contributed by atoms with E-state index >= 15 is 0 Å². The van der Waals surface area contributed by atoms with Crippen molar-refractivity contribution < 1.29 is 19.4 Å². The van der Waals surface area contributed by atoms with Crippen LogP contribution in [-0.4, -0.2) is 37.0 Å². The number of carbonyl (C=O) groups is 1. The molecule has 0 radical (unpaired) electrons. The fourth-order valence-corrected chi connectivity index (χ4v) is 7.68. The van der Waals surface area contributed by atoms with Crippen LogP contribution in [0.2, 0.25) is 0 Å². The molecule has 0 spiro atoms. The molecule has 0 heterocycles. The lowest BCUT2D eigenvalue weighted by molar-refractivity contribution is -0.154. The summed E-state index contributed by atoms with van der Waals surface area (Å²) in [7, 11) is 0. The molecule has 1 unspecified atom stereocenters. The molecule has 1 atom stereocenters. The van der Waals surface area contributed by atoms with Crippen molar-refractivity contribution in [1.29, 1.82) is 0 Å². The zero-order valence-electron chi connectivity index (χ0n) is 41.8. The van der Waals surface area contributed by atoms with Crippen molar-refractivity contribution in [2.24, 2.45) is 0 Å². The van der Waals surface area contributed by atoms with Gasteiger partial charge in [-0.2, -0.15) is 0 Å². The van der Waals surface area contributed by atoms with Gasteiger partial charge in [0.1, 0.15) is 6.10 Å². The number of aliphatic hydroxyl groups excluding tert-OH is 1. The van der Waals surface area contributed by atoms with Gasteiger partial charge in [-0.25, -0.2) is 0 Å². The quantitative estimate of drug-likeness (QED) is 0.0376. The molecule has 364 valence electrons. The van der Waals surface area contributed by atoms with Gasteiger partial charge >= 0.3 is 5.97 Å². The van der Waals surface area contributed by atoms with Crippen molar-refractivity contribution in [2.45, 2.75) is 264 Å². The summed E-state index contributed by atoms with van der Waals surface area (Å²) in [5, 5.41) is 9.67. The Balaban J connectivity index is 3.43. The van der Waals surface area contributed by atoms with E-state index in [4.69, 9.17) is 9.47 Å². The fraction of sp³-hybridized carbons (Fsp3) is 0.746. The van der Waals surface area contributed by atoms with Gasteiger partial charge in [0, 0.05) is 13.0 Å². The Morgan fingerprint density at radius 3 is 1.08 bits per heavy atom. The standard InChI is InChI=1S/C59H104O4/c1-3-5-7-9-11-13-15-17-19-21-23-25-27-29-31-33-35-37-39-41-43-45-47-49-51-53-55-62-57-58(56-60)63-59(61)54-52-50-48-46-44-42-40-38-36-34-32-30-28-26-24-22-20-18-16-14-12-10-8-6-4-2/h5,7,11,13,16-19,22-25,28,30,58,60H,3-4,6,8-10,12,14-15,20-21,26-27,29,31-57H2,1-2H3/b7-5-,13-11-,18-16-,19-17-,24-22-,25-23-,30-28-. The lowest BCUT2D eigenvalue weighted by Crippen LogP contribution is -2.27. The first-order chi connectivity index (χ1) is 31.2. The predicted octanol–water partition coefficient (Wildman–Crippen LogP) is 18.7. The van der Waals surface area contributed by atoms with Gasteiger partial charge in [0.05, 0.1) is 13.2 Å². The van der Waals surface area contributed by atoms with Crippen molar-refractivity contribution >= 4 is 5.97 Å². The van der Waals surface area contributed by atoms with Crippen molar-refractivity contribution in [3.05, 3.63) is 85.1 Å². The first kappa shape index (κ1) is 60.6. The molecule has 1 N–H and O–H groups in total. The predicted molar refractivity (Wildman–Crippen MR) is 279 cm³/mol. The van der Waals surface area contributed by atoms with Crippen LogP contribution < -0.4 is 0 Å². The monoisotopic (exact) mass is 877 g/mol. The van der Waals surface area contributed by atoms with Gasteiger partial charge in [-0.15, -0.1) is 0 Å². The Labute approximate surface area is 392 Å². The van der Waals surface area contributed by atoms with Crippen molar-refractivity contribution in [3.8, 4) is 0 Å². The summed E-state index contributed by atoms with van der Waals surface area (Å²) in [5.74, 6) is -0.205. The molecule has 0 aromatic rings. The summed E-state index contributed by atoms with van der Waals surface area (Å²) in [6, 6.07) is 0. The number of hydrogen-bond acceptors (Lipinski definition) is 4. The number of ether oxygens (including phenoxy) is 2. The topological polar surface area (TPSA) is 55.8 Å². The number of rotatable bonds is 50. The molecule has 0 fully saturated rings. The highest BCUT2D eigenvalue weighted by Gasteiger charge is 2.13. The molecule has 0 aromatic heterocycles. The van der Waals surface area contributed by atoms with Crippen LogP contribution in [-0.2, 0) is 14.3 Å². The van der Waals surface area contributed by atoms with E-state index in [9.17, 15) is 9.90 Å². The Hall–Kier alpha value is -2.43. The number of allylic oxidation sites excluding steroid dienone is 14. The average molecular weight is 877 g/mol. The van der Waals surface area contributed by atoms with E-state index in [2.05, 4.69) is 98.9 Å². The molecule has 4 heteroatoms. The molecule has 0 rings (SSSR count). The molecule has 0 aliphatic carbocycles. The third kappa shape index (κ3) is 53.8. The van der Waals surface area contributed by atoms with Gasteiger partial charge in [-0.3, -0.25) is 4.79 Å². The minimum Gasteiger partial charge on any atom is -0.457 e. The largest absolute Gasteiger partial charge is 0.457 e. The minimum absolute atomic E-state index is 0.176. The Morgan fingerprint density at radius 2 is 0.714 bits per heavy atom. The molecule has 0 aliphatic heterocycles. The van der Waals surface area contributed by atoms with Crippen molar-refractivity contribution in [3.63, 3.8) is 0 Å². The molecule has 0 bridgehead atoms. The third-order valence-corrected chi connectivity index (χ3v) is 11.7. The maximum atomic E-state index is 12.3. The van der Waals surface area contributed by atoms with E-state index in [0.29, 0.717) is 19.6 Å².